The monoisotopic (exact) mass is 266 g/mol. The number of likely N-dealkylation sites (tertiary alicyclic amines) is 1. The van der Waals surface area contributed by atoms with E-state index in [-0.39, 0.29) is 5.69 Å². The lowest BCUT2D eigenvalue weighted by Gasteiger charge is -2.17. The van der Waals surface area contributed by atoms with Gasteiger partial charge in [-0.25, -0.2) is 5.84 Å². The maximum atomic E-state index is 11.3. The lowest BCUT2D eigenvalue weighted by Crippen LogP contribution is -2.30. The minimum atomic E-state index is -0.420. The summed E-state index contributed by atoms with van der Waals surface area (Å²) in [7, 11) is 0. The van der Waals surface area contributed by atoms with Crippen molar-refractivity contribution >= 4 is 5.91 Å². The number of amides is 1. The van der Waals surface area contributed by atoms with E-state index in [1.807, 2.05) is 5.43 Å². The first-order valence-electron chi connectivity index (χ1n) is 6.91. The van der Waals surface area contributed by atoms with Crippen LogP contribution >= 0.6 is 0 Å². The predicted molar refractivity (Wildman–Crippen MR) is 71.1 cm³/mol. The van der Waals surface area contributed by atoms with Crippen molar-refractivity contribution < 1.29 is 9.32 Å². The van der Waals surface area contributed by atoms with Crippen molar-refractivity contribution in [3.63, 3.8) is 0 Å². The molecule has 0 bridgehead atoms. The van der Waals surface area contributed by atoms with Gasteiger partial charge >= 0.3 is 0 Å². The highest BCUT2D eigenvalue weighted by atomic mass is 16.5. The van der Waals surface area contributed by atoms with Gasteiger partial charge in [0.2, 0.25) is 0 Å². The lowest BCUT2D eigenvalue weighted by molar-refractivity contribution is 0.0944. The van der Waals surface area contributed by atoms with E-state index in [4.69, 9.17) is 10.4 Å². The number of nitrogen functional groups attached to an aromatic ring is 1. The minimum absolute atomic E-state index is 0.235. The number of carbonyl (C=O) groups excluding carboxylic acids is 1. The maximum Gasteiger partial charge on any atom is 0.287 e. The van der Waals surface area contributed by atoms with Gasteiger partial charge in [-0.2, -0.15) is 0 Å². The third-order valence-electron chi connectivity index (χ3n) is 3.82. The van der Waals surface area contributed by atoms with Gasteiger partial charge in [-0.1, -0.05) is 18.5 Å². The molecular weight excluding hydrogens is 244 g/mol. The Hall–Kier alpha value is -1.40. The molecule has 0 radical (unpaired) electrons. The van der Waals surface area contributed by atoms with Gasteiger partial charge in [-0.15, -0.1) is 0 Å². The van der Waals surface area contributed by atoms with Gasteiger partial charge in [-0.3, -0.25) is 15.1 Å². The molecule has 1 aliphatic rings. The fourth-order valence-electron chi connectivity index (χ4n) is 2.58. The fourth-order valence-corrected chi connectivity index (χ4v) is 2.58. The first-order valence-corrected chi connectivity index (χ1v) is 6.91. The third-order valence-corrected chi connectivity index (χ3v) is 3.82. The highest BCUT2D eigenvalue weighted by molar-refractivity contribution is 5.91. The largest absolute Gasteiger partial charge is 0.359 e. The molecule has 1 aliphatic heterocycles. The maximum absolute atomic E-state index is 11.3. The second-order valence-corrected chi connectivity index (χ2v) is 5.13. The summed E-state index contributed by atoms with van der Waals surface area (Å²) in [6.07, 6.45) is 5.03. The highest BCUT2D eigenvalue weighted by Crippen LogP contribution is 2.21. The number of nitrogens with two attached hydrogens (primary N) is 1. The van der Waals surface area contributed by atoms with Gasteiger partial charge < -0.3 is 4.52 Å². The van der Waals surface area contributed by atoms with Crippen LogP contribution in [0.5, 0.6) is 0 Å². The molecular formula is C13H22N4O2. The molecule has 3 N–H and O–H groups in total. The summed E-state index contributed by atoms with van der Waals surface area (Å²) in [5.74, 6) is 6.20. The van der Waals surface area contributed by atoms with Crippen molar-refractivity contribution in [2.45, 2.75) is 39.2 Å². The van der Waals surface area contributed by atoms with Crippen LogP contribution < -0.4 is 11.3 Å². The van der Waals surface area contributed by atoms with Crippen LogP contribution in [0, 0.1) is 5.92 Å². The second kappa shape index (κ2) is 6.68. The molecule has 6 heteroatoms. The molecule has 0 aromatic carbocycles. The Bertz CT molecular complexity index is 419. The number of rotatable bonds is 4. The number of hydrazine groups is 1. The molecule has 1 atom stereocenters. The van der Waals surface area contributed by atoms with E-state index in [1.54, 1.807) is 6.07 Å². The molecule has 1 amide bonds. The number of aromatic nitrogens is 1. The predicted octanol–water partition coefficient (Wildman–Crippen LogP) is 1.29. The van der Waals surface area contributed by atoms with Gasteiger partial charge in [0.25, 0.3) is 5.91 Å². The van der Waals surface area contributed by atoms with Crippen molar-refractivity contribution in [3.8, 4) is 0 Å². The smallest absolute Gasteiger partial charge is 0.287 e. The van der Waals surface area contributed by atoms with Crippen LogP contribution in [-0.4, -0.2) is 29.1 Å². The molecule has 1 aromatic rings. The van der Waals surface area contributed by atoms with Gasteiger partial charge in [0.15, 0.2) is 11.5 Å². The van der Waals surface area contributed by atoms with E-state index in [1.165, 1.54) is 25.7 Å². The highest BCUT2D eigenvalue weighted by Gasteiger charge is 2.18. The normalized spacial score (nSPS) is 21.1. The number of hydrogen-bond acceptors (Lipinski definition) is 5. The summed E-state index contributed by atoms with van der Waals surface area (Å²) in [5.41, 5.74) is 2.28. The molecule has 106 valence electrons. The van der Waals surface area contributed by atoms with E-state index in [0.717, 1.165) is 19.0 Å². The second-order valence-electron chi connectivity index (χ2n) is 5.13. The van der Waals surface area contributed by atoms with Crippen molar-refractivity contribution in [2.75, 3.05) is 13.1 Å². The third kappa shape index (κ3) is 3.78. The number of nitrogens with one attached hydrogen (secondary N) is 1. The van der Waals surface area contributed by atoms with Crippen LogP contribution in [-0.2, 0) is 6.54 Å². The van der Waals surface area contributed by atoms with Crippen LogP contribution in [0.3, 0.4) is 0 Å². The van der Waals surface area contributed by atoms with Gasteiger partial charge in [0.05, 0.1) is 6.54 Å². The van der Waals surface area contributed by atoms with E-state index in [2.05, 4.69) is 17.0 Å². The van der Waals surface area contributed by atoms with Crippen molar-refractivity contribution in [2.24, 2.45) is 11.8 Å². The SMILES string of the molecule is CCC1CCCN(Cc2cc(C(=O)NN)no2)CC1. The van der Waals surface area contributed by atoms with E-state index >= 15 is 0 Å². The Morgan fingerprint density at radius 3 is 3.16 bits per heavy atom. The van der Waals surface area contributed by atoms with Crippen molar-refractivity contribution in [1.29, 1.82) is 0 Å². The molecule has 0 saturated carbocycles. The summed E-state index contributed by atoms with van der Waals surface area (Å²) in [5, 5.41) is 3.71. The van der Waals surface area contributed by atoms with Crippen LogP contribution in [0.15, 0.2) is 10.6 Å². The molecule has 0 aliphatic carbocycles. The minimum Gasteiger partial charge on any atom is -0.359 e. The Kier molecular flexibility index (Phi) is 4.93. The van der Waals surface area contributed by atoms with Gasteiger partial charge in [0, 0.05) is 6.07 Å². The zero-order valence-electron chi connectivity index (χ0n) is 11.4. The molecule has 1 saturated heterocycles. The molecule has 1 aromatic heterocycles. The number of carbonyl (C=O) groups is 1. The molecule has 0 spiro atoms. The molecule has 2 rings (SSSR count). The van der Waals surface area contributed by atoms with Crippen LogP contribution in [0.25, 0.3) is 0 Å². The van der Waals surface area contributed by atoms with E-state index in [0.29, 0.717) is 12.3 Å². The summed E-state index contributed by atoms with van der Waals surface area (Å²) in [6, 6.07) is 1.66. The topological polar surface area (TPSA) is 84.4 Å². The molecule has 1 fully saturated rings. The first-order chi connectivity index (χ1) is 9.22. The van der Waals surface area contributed by atoms with Crippen LogP contribution in [0.4, 0.5) is 0 Å². The van der Waals surface area contributed by atoms with E-state index in [9.17, 15) is 4.79 Å². The summed E-state index contributed by atoms with van der Waals surface area (Å²) >= 11 is 0. The van der Waals surface area contributed by atoms with Crippen LogP contribution in [0.1, 0.15) is 48.9 Å². The summed E-state index contributed by atoms with van der Waals surface area (Å²) in [6.45, 7) is 5.13. The molecule has 19 heavy (non-hydrogen) atoms. The standard InChI is InChI=1S/C13H22N4O2/c1-2-10-4-3-6-17(7-5-10)9-11-8-12(16-19-11)13(18)15-14/h8,10H,2-7,9,14H2,1H3,(H,15,18). The average Bonchev–Trinajstić information content (AvgIpc) is 2.77. The zero-order valence-corrected chi connectivity index (χ0v) is 11.4. The Labute approximate surface area is 113 Å². The number of hydrogen-bond donors (Lipinski definition) is 2. The first kappa shape index (κ1) is 14.0. The quantitative estimate of drug-likeness (QED) is 0.487. The summed E-state index contributed by atoms with van der Waals surface area (Å²) in [4.78, 5) is 13.6. The lowest BCUT2D eigenvalue weighted by atomic mass is 9.98. The van der Waals surface area contributed by atoms with E-state index < -0.39 is 5.91 Å². The van der Waals surface area contributed by atoms with Gasteiger partial charge in [0.1, 0.15) is 0 Å². The average molecular weight is 266 g/mol. The summed E-state index contributed by atoms with van der Waals surface area (Å²) < 4.78 is 5.18. The zero-order chi connectivity index (χ0) is 13.7. The Balaban J connectivity index is 1.90. The molecule has 1 unspecified atom stereocenters. The number of nitrogens with zero attached hydrogens (tertiary/aromatic N) is 2. The fraction of sp³-hybridized carbons (Fsp3) is 0.692. The molecule has 6 nitrogen and oxygen atoms in total. The Morgan fingerprint density at radius 2 is 2.42 bits per heavy atom. The van der Waals surface area contributed by atoms with Gasteiger partial charge in [-0.05, 0) is 38.3 Å². The molecule has 2 heterocycles. The van der Waals surface area contributed by atoms with Crippen LogP contribution in [0.2, 0.25) is 0 Å². The Morgan fingerprint density at radius 1 is 1.58 bits per heavy atom. The van der Waals surface area contributed by atoms with Crippen molar-refractivity contribution in [1.82, 2.24) is 15.5 Å². The van der Waals surface area contributed by atoms with Crippen molar-refractivity contribution in [3.05, 3.63) is 17.5 Å².